The Kier molecular flexibility index (Phi) is 2.32. The molecule has 4 heteroatoms. The largest absolute Gasteiger partial charge is 0.538 e. The quantitative estimate of drug-likeness (QED) is 0.485. The highest BCUT2D eigenvalue weighted by Gasteiger charge is 2.37. The molecule has 0 aromatic rings. The summed E-state index contributed by atoms with van der Waals surface area (Å²) in [5, 5.41) is 10.8. The number of carboxylic acids is 1. The van der Waals surface area contributed by atoms with E-state index in [9.17, 15) is 9.90 Å². The topological polar surface area (TPSA) is 46.4 Å². The predicted molar refractivity (Wildman–Crippen MR) is 47.5 cm³/mol. The first-order valence-electron chi connectivity index (χ1n) is 4.41. The molecule has 0 saturated carbocycles. The van der Waals surface area contributed by atoms with E-state index in [-0.39, 0.29) is 5.54 Å². The number of hydrogen-bond acceptors (Lipinski definition) is 3. The molecule has 0 amide bonds. The number of aliphatic carboxylic acids is 1. The fourth-order valence-corrected chi connectivity index (χ4v) is 1.59. The fourth-order valence-electron chi connectivity index (χ4n) is 1.59. The van der Waals surface area contributed by atoms with Crippen LogP contribution in [0.1, 0.15) is 20.8 Å². The molecule has 0 bridgehead atoms. The van der Waals surface area contributed by atoms with Gasteiger partial charge in [-0.3, -0.25) is 9.48 Å². The molecule has 0 radical (unpaired) electrons. The maximum absolute atomic E-state index is 10.8. The van der Waals surface area contributed by atoms with Crippen LogP contribution in [0, 0.1) is 0 Å². The van der Waals surface area contributed by atoms with Crippen LogP contribution >= 0.6 is 0 Å². The monoisotopic (exact) mass is 184 g/mol. The lowest BCUT2D eigenvalue weighted by molar-refractivity contribution is -0.488. The van der Waals surface area contributed by atoms with Crippen LogP contribution in [-0.4, -0.2) is 47.0 Å². The lowest BCUT2D eigenvalue weighted by Gasteiger charge is -2.27. The van der Waals surface area contributed by atoms with Crippen molar-refractivity contribution in [3.05, 3.63) is 0 Å². The van der Waals surface area contributed by atoms with Crippen LogP contribution in [0.3, 0.4) is 0 Å². The second-order valence-electron chi connectivity index (χ2n) is 4.36. The summed E-state index contributed by atoms with van der Waals surface area (Å²) in [6.07, 6.45) is 0. The Morgan fingerprint density at radius 1 is 1.54 bits per heavy atom. The number of carbonyl (C=O) groups excluding carboxylic acids is 1. The number of carbonyl (C=O) groups is 1. The number of rotatable bonds is 1. The third-order valence-corrected chi connectivity index (χ3v) is 2.27. The highest BCUT2D eigenvalue weighted by Crippen LogP contribution is 2.16. The van der Waals surface area contributed by atoms with E-state index in [1.54, 1.807) is 11.6 Å². The van der Waals surface area contributed by atoms with Crippen LogP contribution in [0.15, 0.2) is 0 Å². The third kappa shape index (κ3) is 1.82. The van der Waals surface area contributed by atoms with E-state index in [1.807, 2.05) is 25.7 Å². The predicted octanol–water partition coefficient (Wildman–Crippen LogP) is -1.11. The Hall–Kier alpha value is -1.06. The van der Waals surface area contributed by atoms with Crippen LogP contribution in [0.2, 0.25) is 0 Å². The Balaban J connectivity index is 2.99. The Labute approximate surface area is 78.5 Å². The highest BCUT2D eigenvalue weighted by molar-refractivity contribution is 6.31. The summed E-state index contributed by atoms with van der Waals surface area (Å²) in [6, 6.07) is 0. The van der Waals surface area contributed by atoms with Crippen molar-refractivity contribution >= 4 is 11.8 Å². The maximum atomic E-state index is 10.8. The second-order valence-corrected chi connectivity index (χ2v) is 4.36. The van der Waals surface area contributed by atoms with Gasteiger partial charge in [0.2, 0.25) is 0 Å². The summed E-state index contributed by atoms with van der Waals surface area (Å²) in [5.41, 5.74) is -0.153. The maximum Gasteiger partial charge on any atom is 0.295 e. The van der Waals surface area contributed by atoms with E-state index < -0.39 is 5.97 Å². The van der Waals surface area contributed by atoms with E-state index >= 15 is 0 Å². The van der Waals surface area contributed by atoms with Crippen LogP contribution < -0.4 is 5.11 Å². The number of amidine groups is 1. The molecule has 0 spiro atoms. The van der Waals surface area contributed by atoms with Crippen molar-refractivity contribution in [2.24, 2.45) is 0 Å². The number of hydrogen-bond donors (Lipinski definition) is 0. The molecule has 0 N–H and O–H groups in total. The van der Waals surface area contributed by atoms with Crippen molar-refractivity contribution in [1.82, 2.24) is 4.90 Å². The van der Waals surface area contributed by atoms with E-state index in [1.165, 1.54) is 0 Å². The van der Waals surface area contributed by atoms with Gasteiger partial charge in [0.1, 0.15) is 13.1 Å². The molecule has 0 unspecified atom stereocenters. The molecular weight excluding hydrogens is 168 g/mol. The molecule has 0 atom stereocenters. The Morgan fingerprint density at radius 2 is 2.08 bits per heavy atom. The zero-order chi connectivity index (χ0) is 10.2. The van der Waals surface area contributed by atoms with Gasteiger partial charge in [0.25, 0.3) is 5.84 Å². The molecule has 1 rings (SSSR count). The SMILES string of the molecule is C[N+]1=C(C(=O)[O-])N(C(C)(C)C)CC1. The molecular formula is C9H16N2O2. The van der Waals surface area contributed by atoms with Gasteiger partial charge in [-0.05, 0) is 20.8 Å². The zero-order valence-electron chi connectivity index (χ0n) is 8.63. The molecule has 0 saturated heterocycles. The standard InChI is InChI=1S/C9H16N2O2/c1-9(2,3)11-6-5-10(4)7(11)8(12)13/h5-6H2,1-4H3. The lowest BCUT2D eigenvalue weighted by atomic mass is 10.1. The van der Waals surface area contributed by atoms with Crippen molar-refractivity contribution < 1.29 is 14.5 Å². The summed E-state index contributed by atoms with van der Waals surface area (Å²) in [6.45, 7) is 7.49. The van der Waals surface area contributed by atoms with Gasteiger partial charge in [0, 0.05) is 0 Å². The number of likely N-dealkylation sites (N-methyl/N-ethyl adjacent to an activating group) is 1. The van der Waals surface area contributed by atoms with Gasteiger partial charge in [-0.1, -0.05) is 0 Å². The van der Waals surface area contributed by atoms with Crippen LogP contribution in [0.4, 0.5) is 0 Å². The van der Waals surface area contributed by atoms with Crippen LogP contribution in [0.5, 0.6) is 0 Å². The molecule has 0 fully saturated rings. The van der Waals surface area contributed by atoms with Gasteiger partial charge in [0.15, 0.2) is 5.97 Å². The second kappa shape index (κ2) is 3.01. The van der Waals surface area contributed by atoms with E-state index in [2.05, 4.69) is 0 Å². The van der Waals surface area contributed by atoms with Gasteiger partial charge >= 0.3 is 0 Å². The van der Waals surface area contributed by atoms with E-state index in [0.29, 0.717) is 5.84 Å². The van der Waals surface area contributed by atoms with Crippen molar-refractivity contribution in [3.8, 4) is 0 Å². The molecule has 1 aliphatic heterocycles. The van der Waals surface area contributed by atoms with E-state index in [4.69, 9.17) is 0 Å². The van der Waals surface area contributed by atoms with Crippen molar-refractivity contribution in [1.29, 1.82) is 0 Å². The van der Waals surface area contributed by atoms with Crippen molar-refractivity contribution in [2.75, 3.05) is 20.1 Å². The average molecular weight is 184 g/mol. The smallest absolute Gasteiger partial charge is 0.295 e. The average Bonchev–Trinajstić information content (AvgIpc) is 2.28. The molecule has 4 nitrogen and oxygen atoms in total. The van der Waals surface area contributed by atoms with Gasteiger partial charge < -0.3 is 9.90 Å². The summed E-state index contributed by atoms with van der Waals surface area (Å²) < 4.78 is 1.72. The van der Waals surface area contributed by atoms with Gasteiger partial charge in [-0.15, -0.1) is 0 Å². The van der Waals surface area contributed by atoms with Crippen molar-refractivity contribution in [2.45, 2.75) is 26.3 Å². The zero-order valence-corrected chi connectivity index (χ0v) is 8.63. The molecule has 13 heavy (non-hydrogen) atoms. The summed E-state index contributed by atoms with van der Waals surface area (Å²) in [4.78, 5) is 12.7. The molecule has 0 aliphatic carbocycles. The Bertz CT molecular complexity index is 263. The first-order chi connectivity index (χ1) is 5.84. The minimum Gasteiger partial charge on any atom is -0.538 e. The number of carboxylic acid groups (broad SMARTS) is 1. The van der Waals surface area contributed by atoms with Crippen LogP contribution in [-0.2, 0) is 4.79 Å². The minimum absolute atomic E-state index is 0.153. The third-order valence-electron chi connectivity index (χ3n) is 2.27. The summed E-state index contributed by atoms with van der Waals surface area (Å²) in [5.74, 6) is -0.789. The number of nitrogens with zero attached hydrogens (tertiary/aromatic N) is 2. The molecule has 74 valence electrons. The van der Waals surface area contributed by atoms with E-state index in [0.717, 1.165) is 13.1 Å². The Morgan fingerprint density at radius 3 is 2.38 bits per heavy atom. The summed E-state index contributed by atoms with van der Waals surface area (Å²) >= 11 is 0. The fraction of sp³-hybridized carbons (Fsp3) is 0.778. The molecule has 1 heterocycles. The molecule has 1 aliphatic rings. The van der Waals surface area contributed by atoms with Crippen LogP contribution in [0.25, 0.3) is 0 Å². The lowest BCUT2D eigenvalue weighted by Crippen LogP contribution is -2.51. The van der Waals surface area contributed by atoms with Crippen molar-refractivity contribution in [3.63, 3.8) is 0 Å². The molecule has 0 aromatic heterocycles. The highest BCUT2D eigenvalue weighted by atomic mass is 16.4. The normalized spacial score (nSPS) is 18.3. The van der Waals surface area contributed by atoms with Gasteiger partial charge in [-0.2, -0.15) is 0 Å². The summed E-state index contributed by atoms with van der Waals surface area (Å²) in [7, 11) is 1.77. The van der Waals surface area contributed by atoms with Gasteiger partial charge in [-0.25, -0.2) is 0 Å². The first kappa shape index (κ1) is 10.0. The first-order valence-corrected chi connectivity index (χ1v) is 4.41. The minimum atomic E-state index is -1.09. The van der Waals surface area contributed by atoms with Gasteiger partial charge in [0.05, 0.1) is 12.6 Å². The molecule has 0 aromatic carbocycles.